The summed E-state index contributed by atoms with van der Waals surface area (Å²) >= 11 is 0. The lowest BCUT2D eigenvalue weighted by atomic mass is 9.97. The van der Waals surface area contributed by atoms with Gasteiger partial charge in [0.2, 0.25) is 0 Å². The highest BCUT2D eigenvalue weighted by atomic mass is 16.5. The zero-order valence-electron chi connectivity index (χ0n) is 21.0. The smallest absolute Gasteiger partial charge is 0.253 e. The molecule has 0 spiro atoms. The summed E-state index contributed by atoms with van der Waals surface area (Å²) in [5, 5.41) is 0. The number of hydrogen-bond donors (Lipinski definition) is 0. The van der Waals surface area contributed by atoms with Crippen molar-refractivity contribution in [2.75, 3.05) is 31.1 Å². The molecule has 0 aliphatic carbocycles. The molecule has 3 aromatic rings. The van der Waals surface area contributed by atoms with Crippen LogP contribution in [0, 0.1) is 0 Å². The maximum atomic E-state index is 13.0. The molecular weight excluding hydrogens is 434 g/mol. The van der Waals surface area contributed by atoms with Crippen LogP contribution in [0.1, 0.15) is 55.6 Å². The zero-order valence-corrected chi connectivity index (χ0v) is 21.0. The Morgan fingerprint density at radius 3 is 2.29 bits per heavy atom. The second-order valence-electron chi connectivity index (χ2n) is 9.45. The van der Waals surface area contributed by atoms with E-state index in [2.05, 4.69) is 65.3 Å². The van der Waals surface area contributed by atoms with Crippen molar-refractivity contribution in [3.05, 3.63) is 83.9 Å². The Bertz CT molecular complexity index is 1170. The van der Waals surface area contributed by atoms with Crippen LogP contribution in [-0.4, -0.2) is 47.9 Å². The minimum absolute atomic E-state index is 0.0509. The van der Waals surface area contributed by atoms with Crippen LogP contribution in [0.15, 0.2) is 72.8 Å². The van der Waals surface area contributed by atoms with Crippen LogP contribution < -0.4 is 9.64 Å². The van der Waals surface area contributed by atoms with E-state index in [9.17, 15) is 4.79 Å². The minimum atomic E-state index is 0.0509. The number of para-hydroxylation sites is 2. The molecule has 1 unspecified atom stereocenters. The SMILES string of the molecule is CCN(CC)C(=O)c1ccc2c(c1)Oc1ccccc1N2C1CCN(C(C)c2ccccc2)CC1. The molecule has 2 aliphatic rings. The van der Waals surface area contributed by atoms with Gasteiger partial charge in [-0.1, -0.05) is 42.5 Å². The molecule has 2 heterocycles. The van der Waals surface area contributed by atoms with Crippen molar-refractivity contribution in [2.45, 2.75) is 45.7 Å². The molecule has 182 valence electrons. The molecule has 0 saturated carbocycles. The van der Waals surface area contributed by atoms with Crippen LogP contribution in [0.4, 0.5) is 11.4 Å². The number of benzene rings is 3. The Kier molecular flexibility index (Phi) is 6.78. The lowest BCUT2D eigenvalue weighted by Crippen LogP contribution is -2.44. The third-order valence-electron chi connectivity index (χ3n) is 7.56. The van der Waals surface area contributed by atoms with Crippen molar-refractivity contribution < 1.29 is 9.53 Å². The lowest BCUT2D eigenvalue weighted by Gasteiger charge is -2.44. The zero-order chi connectivity index (χ0) is 24.4. The summed E-state index contributed by atoms with van der Waals surface area (Å²) in [6.45, 7) is 9.83. The van der Waals surface area contributed by atoms with Crippen LogP contribution in [-0.2, 0) is 0 Å². The van der Waals surface area contributed by atoms with E-state index < -0.39 is 0 Å². The molecule has 5 nitrogen and oxygen atoms in total. The second-order valence-corrected chi connectivity index (χ2v) is 9.45. The Labute approximate surface area is 208 Å². The standard InChI is InChI=1S/C30H35N3O2/c1-4-31(5-2)30(34)24-15-16-27-29(21-24)35-28-14-10-9-13-26(28)33(27)25-17-19-32(20-18-25)22(3)23-11-7-6-8-12-23/h6-16,21-22,25H,4-5,17-20H2,1-3H3. The van der Waals surface area contributed by atoms with Gasteiger partial charge >= 0.3 is 0 Å². The summed E-state index contributed by atoms with van der Waals surface area (Å²) in [7, 11) is 0. The number of anilines is 2. The summed E-state index contributed by atoms with van der Waals surface area (Å²) in [4.78, 5) is 19.9. The molecule has 0 radical (unpaired) electrons. The highest BCUT2D eigenvalue weighted by molar-refractivity contribution is 5.96. The van der Waals surface area contributed by atoms with Crippen molar-refractivity contribution in [3.8, 4) is 11.5 Å². The Balaban J connectivity index is 1.40. The molecule has 1 saturated heterocycles. The molecule has 35 heavy (non-hydrogen) atoms. The van der Waals surface area contributed by atoms with E-state index in [-0.39, 0.29) is 5.91 Å². The molecular formula is C30H35N3O2. The first-order valence-electron chi connectivity index (χ1n) is 12.9. The molecule has 5 heteroatoms. The molecule has 5 rings (SSSR count). The monoisotopic (exact) mass is 469 g/mol. The second kappa shape index (κ2) is 10.1. The van der Waals surface area contributed by atoms with E-state index >= 15 is 0 Å². The number of piperidine rings is 1. The average molecular weight is 470 g/mol. The Morgan fingerprint density at radius 2 is 1.57 bits per heavy atom. The third kappa shape index (κ3) is 4.53. The van der Waals surface area contributed by atoms with Gasteiger partial charge in [0.05, 0.1) is 11.4 Å². The van der Waals surface area contributed by atoms with E-state index in [1.54, 1.807) is 0 Å². The highest BCUT2D eigenvalue weighted by Gasteiger charge is 2.34. The van der Waals surface area contributed by atoms with Gasteiger partial charge in [0, 0.05) is 43.8 Å². The van der Waals surface area contributed by atoms with E-state index in [4.69, 9.17) is 4.74 Å². The first kappa shape index (κ1) is 23.4. The fourth-order valence-corrected chi connectivity index (χ4v) is 5.48. The molecule has 0 bridgehead atoms. The topological polar surface area (TPSA) is 36.0 Å². The van der Waals surface area contributed by atoms with Crippen LogP contribution in [0.5, 0.6) is 11.5 Å². The first-order chi connectivity index (χ1) is 17.1. The Morgan fingerprint density at radius 1 is 0.914 bits per heavy atom. The largest absolute Gasteiger partial charge is 0.453 e. The lowest BCUT2D eigenvalue weighted by molar-refractivity contribution is 0.0772. The highest BCUT2D eigenvalue weighted by Crippen LogP contribution is 2.49. The predicted molar refractivity (Wildman–Crippen MR) is 142 cm³/mol. The minimum Gasteiger partial charge on any atom is -0.453 e. The van der Waals surface area contributed by atoms with Gasteiger partial charge in [0.25, 0.3) is 5.91 Å². The van der Waals surface area contributed by atoms with E-state index in [0.29, 0.717) is 30.7 Å². The third-order valence-corrected chi connectivity index (χ3v) is 7.56. The van der Waals surface area contributed by atoms with E-state index in [0.717, 1.165) is 48.8 Å². The number of hydrogen-bond acceptors (Lipinski definition) is 4. The summed E-state index contributed by atoms with van der Waals surface area (Å²) in [5.41, 5.74) is 4.21. The number of carbonyl (C=O) groups is 1. The molecule has 0 N–H and O–H groups in total. The van der Waals surface area contributed by atoms with Crippen LogP contribution >= 0.6 is 0 Å². The average Bonchev–Trinajstić information content (AvgIpc) is 2.92. The number of nitrogens with zero attached hydrogens (tertiary/aromatic N) is 3. The summed E-state index contributed by atoms with van der Waals surface area (Å²) in [6, 6.07) is 25.8. The predicted octanol–water partition coefficient (Wildman–Crippen LogP) is 6.64. The quantitative estimate of drug-likeness (QED) is 0.406. The van der Waals surface area contributed by atoms with E-state index in [1.807, 2.05) is 43.0 Å². The summed E-state index contributed by atoms with van der Waals surface area (Å²) in [6.07, 6.45) is 2.15. The number of ether oxygens (including phenoxy) is 1. The van der Waals surface area contributed by atoms with Gasteiger partial charge in [-0.15, -0.1) is 0 Å². The van der Waals surface area contributed by atoms with Gasteiger partial charge in [-0.3, -0.25) is 9.69 Å². The van der Waals surface area contributed by atoms with E-state index in [1.165, 1.54) is 5.56 Å². The fourth-order valence-electron chi connectivity index (χ4n) is 5.48. The molecule has 2 aliphatic heterocycles. The molecule has 1 fully saturated rings. The van der Waals surface area contributed by atoms with Crippen molar-refractivity contribution >= 4 is 17.3 Å². The molecule has 3 aromatic carbocycles. The number of likely N-dealkylation sites (tertiary alicyclic amines) is 1. The van der Waals surface area contributed by atoms with Gasteiger partial charge in [0.15, 0.2) is 11.5 Å². The van der Waals surface area contributed by atoms with Gasteiger partial charge in [-0.2, -0.15) is 0 Å². The maximum absolute atomic E-state index is 13.0. The summed E-state index contributed by atoms with van der Waals surface area (Å²) in [5.74, 6) is 1.67. The van der Waals surface area contributed by atoms with Crippen LogP contribution in [0.2, 0.25) is 0 Å². The number of fused-ring (bicyclic) bond motifs is 2. The Hall–Kier alpha value is -3.31. The number of amides is 1. The maximum Gasteiger partial charge on any atom is 0.253 e. The summed E-state index contributed by atoms with van der Waals surface area (Å²) < 4.78 is 6.33. The molecule has 1 amide bonds. The number of carbonyl (C=O) groups excluding carboxylic acids is 1. The van der Waals surface area contributed by atoms with Gasteiger partial charge in [-0.05, 0) is 69.5 Å². The fraction of sp³-hybridized carbons (Fsp3) is 0.367. The van der Waals surface area contributed by atoms with Crippen molar-refractivity contribution in [1.29, 1.82) is 0 Å². The van der Waals surface area contributed by atoms with Crippen LogP contribution in [0.25, 0.3) is 0 Å². The molecule has 1 atom stereocenters. The number of rotatable bonds is 6. The van der Waals surface area contributed by atoms with Crippen LogP contribution in [0.3, 0.4) is 0 Å². The van der Waals surface area contributed by atoms with Crippen molar-refractivity contribution in [2.24, 2.45) is 0 Å². The van der Waals surface area contributed by atoms with Gasteiger partial charge < -0.3 is 14.5 Å². The van der Waals surface area contributed by atoms with Crippen molar-refractivity contribution in [1.82, 2.24) is 9.80 Å². The normalized spacial score (nSPS) is 16.7. The van der Waals surface area contributed by atoms with Gasteiger partial charge in [0.1, 0.15) is 0 Å². The van der Waals surface area contributed by atoms with Gasteiger partial charge in [-0.25, -0.2) is 0 Å². The molecule has 0 aromatic heterocycles. The first-order valence-corrected chi connectivity index (χ1v) is 12.9. The van der Waals surface area contributed by atoms with Crippen molar-refractivity contribution in [3.63, 3.8) is 0 Å².